The van der Waals surface area contributed by atoms with Crippen LogP contribution in [0.2, 0.25) is 5.02 Å². The Balaban J connectivity index is 1.60. The van der Waals surface area contributed by atoms with Gasteiger partial charge in [-0.3, -0.25) is 4.79 Å². The van der Waals surface area contributed by atoms with Crippen LogP contribution in [0.3, 0.4) is 0 Å². The van der Waals surface area contributed by atoms with Crippen LogP contribution in [-0.2, 0) is 9.59 Å². The highest BCUT2D eigenvalue weighted by molar-refractivity contribution is 7.18. The van der Waals surface area contributed by atoms with Crippen LogP contribution in [-0.4, -0.2) is 60.9 Å². The first-order valence-corrected chi connectivity index (χ1v) is 13.4. The number of hydrogen-bond donors (Lipinski definition) is 5. The molecule has 1 fully saturated rings. The fourth-order valence-corrected chi connectivity index (χ4v) is 5.79. The second kappa shape index (κ2) is 12.8. The summed E-state index contributed by atoms with van der Waals surface area (Å²) in [5, 5.41) is 28.2. The number of hydrogen-bond acceptors (Lipinski definition) is 8. The largest absolute Gasteiger partial charge is 0.497 e. The molecule has 0 radical (unpaired) electrons. The number of rotatable bonds is 11. The van der Waals surface area contributed by atoms with E-state index in [9.17, 15) is 19.5 Å². The number of ether oxygens (including phenoxy) is 2. The summed E-state index contributed by atoms with van der Waals surface area (Å²) in [6.07, 6.45) is 1.63. The smallest absolute Gasteiger partial charge is 0.349 e. The highest BCUT2D eigenvalue weighted by Crippen LogP contribution is 2.46. The van der Waals surface area contributed by atoms with Gasteiger partial charge in [0.05, 0.1) is 12.0 Å². The van der Waals surface area contributed by atoms with Crippen molar-refractivity contribution in [3.8, 4) is 21.9 Å². The molecule has 12 heteroatoms. The second-order valence-corrected chi connectivity index (χ2v) is 10.3. The van der Waals surface area contributed by atoms with Gasteiger partial charge in [-0.2, -0.15) is 0 Å². The van der Waals surface area contributed by atoms with Gasteiger partial charge in [0.15, 0.2) is 17.2 Å². The summed E-state index contributed by atoms with van der Waals surface area (Å²) in [6.45, 7) is 0.889. The maximum atomic E-state index is 13.5. The number of carboxylic acid groups (broad SMARTS) is 2. The highest BCUT2D eigenvalue weighted by atomic mass is 35.5. The minimum Gasteiger partial charge on any atom is -0.497 e. The maximum Gasteiger partial charge on any atom is 0.349 e. The van der Waals surface area contributed by atoms with Crippen LogP contribution in [0.25, 0.3) is 10.4 Å². The molecule has 1 aliphatic heterocycles. The molecule has 3 aromatic rings. The summed E-state index contributed by atoms with van der Waals surface area (Å²) >= 11 is 7.35. The van der Waals surface area contributed by atoms with Gasteiger partial charge < -0.3 is 35.6 Å². The van der Waals surface area contributed by atoms with Gasteiger partial charge >= 0.3 is 11.9 Å². The van der Waals surface area contributed by atoms with Crippen LogP contribution in [0.1, 0.15) is 22.5 Å². The van der Waals surface area contributed by atoms with Crippen molar-refractivity contribution in [2.75, 3.05) is 37.4 Å². The van der Waals surface area contributed by atoms with Crippen LogP contribution < -0.4 is 25.4 Å². The Kier molecular flexibility index (Phi) is 9.28. The van der Waals surface area contributed by atoms with E-state index in [0.29, 0.717) is 27.6 Å². The first kappa shape index (κ1) is 28.2. The van der Waals surface area contributed by atoms with Gasteiger partial charge in [-0.25, -0.2) is 9.59 Å². The molecule has 206 valence electrons. The number of benzene rings is 2. The zero-order valence-electron chi connectivity index (χ0n) is 21.0. The summed E-state index contributed by atoms with van der Waals surface area (Å²) < 4.78 is 10.4. The molecule has 4 rings (SSSR count). The minimum atomic E-state index is -1.27. The molecule has 0 aliphatic carbocycles. The van der Waals surface area contributed by atoms with E-state index in [4.69, 9.17) is 26.2 Å². The fraction of sp³-hybridized carbons (Fsp3) is 0.296. The predicted octanol–water partition coefficient (Wildman–Crippen LogP) is 4.66. The van der Waals surface area contributed by atoms with E-state index in [-0.39, 0.29) is 27.5 Å². The average Bonchev–Trinajstić information content (AvgIpc) is 3.27. The van der Waals surface area contributed by atoms with Gasteiger partial charge in [0.1, 0.15) is 16.8 Å². The molecule has 0 bridgehead atoms. The monoisotopic (exact) mass is 573 g/mol. The van der Waals surface area contributed by atoms with E-state index in [1.54, 1.807) is 49.6 Å². The van der Waals surface area contributed by atoms with Crippen molar-refractivity contribution >= 4 is 52.2 Å². The van der Waals surface area contributed by atoms with E-state index in [0.717, 1.165) is 37.3 Å². The molecule has 1 atom stereocenters. The van der Waals surface area contributed by atoms with Crippen molar-refractivity contribution in [3.63, 3.8) is 0 Å². The van der Waals surface area contributed by atoms with E-state index in [1.165, 1.54) is 0 Å². The number of amides is 1. The van der Waals surface area contributed by atoms with E-state index in [1.807, 2.05) is 6.07 Å². The van der Waals surface area contributed by atoms with Gasteiger partial charge in [0, 0.05) is 11.4 Å². The van der Waals surface area contributed by atoms with Gasteiger partial charge in [0.2, 0.25) is 5.91 Å². The zero-order chi connectivity index (χ0) is 27.9. The van der Waals surface area contributed by atoms with Crippen molar-refractivity contribution in [1.82, 2.24) is 5.32 Å². The number of halogens is 1. The molecule has 1 aromatic heterocycles. The summed E-state index contributed by atoms with van der Waals surface area (Å²) in [7, 11) is 1.58. The lowest BCUT2D eigenvalue weighted by Gasteiger charge is -2.31. The summed E-state index contributed by atoms with van der Waals surface area (Å²) in [6, 6.07) is 13.7. The molecular weight excluding hydrogens is 546 g/mol. The van der Waals surface area contributed by atoms with Crippen molar-refractivity contribution in [2.45, 2.75) is 18.9 Å². The van der Waals surface area contributed by atoms with Crippen molar-refractivity contribution in [3.05, 3.63) is 58.4 Å². The van der Waals surface area contributed by atoms with E-state index < -0.39 is 24.6 Å². The number of aliphatic carboxylic acids is 1. The van der Waals surface area contributed by atoms with Crippen molar-refractivity contribution < 1.29 is 34.1 Å². The Morgan fingerprint density at radius 3 is 2.46 bits per heavy atom. The van der Waals surface area contributed by atoms with E-state index in [2.05, 4.69) is 16.0 Å². The maximum absolute atomic E-state index is 13.5. The number of aromatic carboxylic acids is 1. The van der Waals surface area contributed by atoms with Gasteiger partial charge in [0.25, 0.3) is 0 Å². The Morgan fingerprint density at radius 2 is 1.82 bits per heavy atom. The number of carboxylic acids is 2. The predicted molar refractivity (Wildman–Crippen MR) is 149 cm³/mol. The summed E-state index contributed by atoms with van der Waals surface area (Å²) in [5.41, 5.74) is 1.90. The average molecular weight is 574 g/mol. The number of anilines is 2. The van der Waals surface area contributed by atoms with Crippen LogP contribution in [0.5, 0.6) is 11.5 Å². The number of carbonyl (C=O) groups is 3. The number of nitrogens with one attached hydrogen (secondary N) is 3. The van der Waals surface area contributed by atoms with Crippen LogP contribution in [0.4, 0.5) is 11.4 Å². The SMILES string of the molecule is COc1ccc(NC(=O)C(Nc2cccc(-c3sc(C(=O)O)c(OCC(=O)O)c3Cl)c2)C2CCNCC2)cc1. The zero-order valence-corrected chi connectivity index (χ0v) is 22.6. The molecular formula is C27H28ClN3O7S. The highest BCUT2D eigenvalue weighted by Gasteiger charge is 2.30. The molecule has 2 aromatic carbocycles. The summed E-state index contributed by atoms with van der Waals surface area (Å²) in [4.78, 5) is 36.4. The number of methoxy groups -OCH3 is 1. The molecule has 1 saturated heterocycles. The Hall–Kier alpha value is -3.80. The molecule has 1 unspecified atom stereocenters. The third kappa shape index (κ3) is 6.99. The molecule has 10 nitrogen and oxygen atoms in total. The van der Waals surface area contributed by atoms with Crippen LogP contribution >= 0.6 is 22.9 Å². The third-order valence-electron chi connectivity index (χ3n) is 6.29. The first-order chi connectivity index (χ1) is 18.8. The topological polar surface area (TPSA) is 146 Å². The Morgan fingerprint density at radius 1 is 1.10 bits per heavy atom. The number of carbonyl (C=O) groups excluding carboxylic acids is 1. The van der Waals surface area contributed by atoms with Crippen LogP contribution in [0.15, 0.2) is 48.5 Å². The first-order valence-electron chi connectivity index (χ1n) is 12.2. The third-order valence-corrected chi connectivity index (χ3v) is 7.97. The Labute approximate surface area is 233 Å². The Bertz CT molecular complexity index is 1340. The minimum absolute atomic E-state index is 0.0166. The standard InChI is InChI=1S/C27H28ClN3O7S/c1-37-19-7-5-17(6-8-19)31-26(34)22(15-9-11-29-12-10-15)30-18-4-2-3-16(13-18)24-21(28)23(38-14-20(32)33)25(39-24)27(35)36/h2-8,13,15,22,29-30H,9-12,14H2,1H3,(H,31,34)(H,32,33)(H,35,36). The number of piperidine rings is 1. The molecule has 39 heavy (non-hydrogen) atoms. The number of thiophene rings is 1. The second-order valence-electron chi connectivity index (χ2n) is 8.90. The fourth-order valence-electron chi connectivity index (χ4n) is 4.38. The van der Waals surface area contributed by atoms with Gasteiger partial charge in [-0.15, -0.1) is 11.3 Å². The van der Waals surface area contributed by atoms with Crippen molar-refractivity contribution in [1.29, 1.82) is 0 Å². The molecule has 1 amide bonds. The lowest BCUT2D eigenvalue weighted by atomic mass is 9.89. The van der Waals surface area contributed by atoms with Crippen molar-refractivity contribution in [2.24, 2.45) is 5.92 Å². The van der Waals surface area contributed by atoms with Crippen LogP contribution in [0, 0.1) is 5.92 Å². The lowest BCUT2D eigenvalue weighted by Crippen LogP contribution is -2.45. The normalized spacial score (nSPS) is 14.3. The van der Waals surface area contributed by atoms with Gasteiger partial charge in [-0.1, -0.05) is 23.7 Å². The molecule has 5 N–H and O–H groups in total. The summed E-state index contributed by atoms with van der Waals surface area (Å²) in [5.74, 6) is -2.12. The molecule has 0 spiro atoms. The quantitative estimate of drug-likeness (QED) is 0.221. The molecule has 0 saturated carbocycles. The van der Waals surface area contributed by atoms with Gasteiger partial charge in [-0.05, 0) is 73.8 Å². The molecule has 1 aliphatic rings. The lowest BCUT2D eigenvalue weighted by molar-refractivity contribution is -0.139. The van der Waals surface area contributed by atoms with E-state index >= 15 is 0 Å². The molecule has 2 heterocycles.